The van der Waals surface area contributed by atoms with Gasteiger partial charge in [-0.2, -0.15) is 13.2 Å². The summed E-state index contributed by atoms with van der Waals surface area (Å²) in [5.41, 5.74) is 0.460. The fourth-order valence-electron chi connectivity index (χ4n) is 2.92. The molecule has 3 aromatic rings. The van der Waals surface area contributed by atoms with E-state index in [2.05, 4.69) is 30.6 Å². The third-order valence-electron chi connectivity index (χ3n) is 4.71. The minimum absolute atomic E-state index is 0.00311. The lowest BCUT2D eigenvalue weighted by atomic mass is 10.2. The van der Waals surface area contributed by atoms with Crippen LogP contribution in [-0.2, 0) is 15.8 Å². The van der Waals surface area contributed by atoms with Crippen molar-refractivity contribution < 1.29 is 27.6 Å². The number of anilines is 2. The molecule has 0 aliphatic heterocycles. The van der Waals surface area contributed by atoms with Gasteiger partial charge in [-0.1, -0.05) is 19.9 Å². The van der Waals surface area contributed by atoms with Crippen LogP contribution in [-0.4, -0.2) is 56.8 Å². The Morgan fingerprint density at radius 1 is 1.14 bits per heavy atom. The van der Waals surface area contributed by atoms with Crippen molar-refractivity contribution in [2.45, 2.75) is 33.0 Å². The molecule has 0 radical (unpaired) electrons. The van der Waals surface area contributed by atoms with Crippen molar-refractivity contribution in [3.05, 3.63) is 48.4 Å². The zero-order chi connectivity index (χ0) is 27.0. The number of carbonyl (C=O) groups excluding carboxylic acids is 3. The Balaban J connectivity index is 0.00000222. The van der Waals surface area contributed by atoms with Gasteiger partial charge in [-0.05, 0) is 19.1 Å². The second kappa shape index (κ2) is 11.9. The molecule has 2 N–H and O–H groups in total. The lowest BCUT2D eigenvalue weighted by molar-refractivity contribution is -0.145. The van der Waals surface area contributed by atoms with E-state index in [1.165, 1.54) is 44.0 Å². The third-order valence-corrected chi connectivity index (χ3v) is 4.71. The smallest absolute Gasteiger partial charge is 0.354 e. The van der Waals surface area contributed by atoms with Crippen molar-refractivity contribution in [1.82, 2.24) is 29.8 Å². The zero-order valence-electron chi connectivity index (χ0n) is 20.2. The van der Waals surface area contributed by atoms with Gasteiger partial charge in [0.15, 0.2) is 11.5 Å². The average molecular weight is 506 g/mol. The highest BCUT2D eigenvalue weighted by Crippen LogP contribution is 2.27. The molecular formula is C22H25F3N8O3. The number of nitrogens with one attached hydrogen (secondary N) is 2. The maximum Gasteiger partial charge on any atom is 0.451 e. The fraction of sp³-hybridized carbons (Fsp3) is 0.318. The highest BCUT2D eigenvalue weighted by molar-refractivity contribution is 6.00. The van der Waals surface area contributed by atoms with Gasteiger partial charge in [-0.15, -0.1) is 0 Å². The normalized spacial score (nSPS) is 11.6. The van der Waals surface area contributed by atoms with E-state index in [0.717, 1.165) is 17.3 Å². The Morgan fingerprint density at radius 3 is 2.33 bits per heavy atom. The lowest BCUT2D eigenvalue weighted by Gasteiger charge is -2.17. The van der Waals surface area contributed by atoms with Gasteiger partial charge >= 0.3 is 6.18 Å². The first kappa shape index (κ1) is 27.9. The van der Waals surface area contributed by atoms with Gasteiger partial charge < -0.3 is 20.1 Å². The lowest BCUT2D eigenvalue weighted by Crippen LogP contribution is -2.30. The molecule has 1 atom stereocenters. The largest absolute Gasteiger partial charge is 0.451 e. The van der Waals surface area contributed by atoms with Crippen molar-refractivity contribution in [3.63, 3.8) is 0 Å². The van der Waals surface area contributed by atoms with Crippen LogP contribution in [0.3, 0.4) is 0 Å². The summed E-state index contributed by atoms with van der Waals surface area (Å²) in [6.45, 7) is 5.52. The van der Waals surface area contributed by atoms with Gasteiger partial charge in [0, 0.05) is 32.1 Å². The van der Waals surface area contributed by atoms with Crippen LogP contribution in [0.15, 0.2) is 36.9 Å². The van der Waals surface area contributed by atoms with Gasteiger partial charge in [0.05, 0.1) is 12.0 Å². The van der Waals surface area contributed by atoms with E-state index in [0.29, 0.717) is 6.41 Å². The molecule has 0 bridgehead atoms. The Hall–Kier alpha value is -4.36. The van der Waals surface area contributed by atoms with Gasteiger partial charge in [-0.3, -0.25) is 14.4 Å². The summed E-state index contributed by atoms with van der Waals surface area (Å²) in [4.78, 5) is 52.3. The summed E-state index contributed by atoms with van der Waals surface area (Å²) in [5.74, 6) is -2.21. The van der Waals surface area contributed by atoms with Crippen LogP contribution in [0.2, 0.25) is 0 Å². The summed E-state index contributed by atoms with van der Waals surface area (Å²) in [7, 11) is 2.81. The predicted molar refractivity (Wildman–Crippen MR) is 125 cm³/mol. The highest BCUT2D eigenvalue weighted by atomic mass is 19.4. The van der Waals surface area contributed by atoms with Crippen molar-refractivity contribution in [3.8, 4) is 11.3 Å². The molecule has 192 valence electrons. The van der Waals surface area contributed by atoms with Gasteiger partial charge in [-0.25, -0.2) is 19.9 Å². The number of pyridine rings is 1. The molecule has 11 nitrogen and oxygen atoms in total. The molecule has 3 rings (SSSR count). The zero-order valence-corrected chi connectivity index (χ0v) is 20.2. The number of nitrogens with zero attached hydrogens (tertiary/aromatic N) is 6. The number of hydrogen-bond donors (Lipinski definition) is 2. The quantitative estimate of drug-likeness (QED) is 0.471. The van der Waals surface area contributed by atoms with Crippen molar-refractivity contribution in [1.29, 1.82) is 0 Å². The molecule has 0 aliphatic rings. The van der Waals surface area contributed by atoms with E-state index >= 15 is 0 Å². The summed E-state index contributed by atoms with van der Waals surface area (Å²) in [6.07, 6.45) is -0.964. The first-order valence-electron chi connectivity index (χ1n) is 10.7. The third kappa shape index (κ3) is 6.20. The molecule has 14 heteroatoms. The molecule has 3 aromatic heterocycles. The molecule has 0 aliphatic carbocycles. The molecule has 36 heavy (non-hydrogen) atoms. The number of aromatic nitrogens is 5. The Labute approximate surface area is 204 Å². The van der Waals surface area contributed by atoms with Gasteiger partial charge in [0.2, 0.25) is 18.1 Å². The maximum absolute atomic E-state index is 12.9. The molecule has 0 aromatic carbocycles. The van der Waals surface area contributed by atoms with Crippen LogP contribution in [0.4, 0.5) is 24.8 Å². The predicted octanol–water partition coefficient (Wildman–Crippen LogP) is 2.93. The molecule has 0 saturated heterocycles. The Bertz CT molecular complexity index is 1210. The molecule has 0 spiro atoms. The van der Waals surface area contributed by atoms with Crippen LogP contribution < -0.4 is 15.5 Å². The summed E-state index contributed by atoms with van der Waals surface area (Å²) >= 11 is 0. The van der Waals surface area contributed by atoms with Crippen LogP contribution in [0, 0.1) is 0 Å². The fourth-order valence-corrected chi connectivity index (χ4v) is 2.92. The number of carbonyl (C=O) groups is 3. The van der Waals surface area contributed by atoms with Crippen LogP contribution in [0.5, 0.6) is 0 Å². The van der Waals surface area contributed by atoms with Crippen molar-refractivity contribution in [2.75, 3.05) is 24.3 Å². The molecule has 3 heterocycles. The van der Waals surface area contributed by atoms with Crippen molar-refractivity contribution >= 4 is 29.9 Å². The van der Waals surface area contributed by atoms with E-state index in [1.54, 1.807) is 6.07 Å². The van der Waals surface area contributed by atoms with E-state index < -0.39 is 29.9 Å². The van der Waals surface area contributed by atoms with E-state index in [4.69, 9.17) is 0 Å². The van der Waals surface area contributed by atoms with E-state index in [-0.39, 0.29) is 28.6 Å². The van der Waals surface area contributed by atoms with E-state index in [1.807, 2.05) is 13.8 Å². The highest BCUT2D eigenvalue weighted by Gasteiger charge is 2.34. The van der Waals surface area contributed by atoms with E-state index in [9.17, 15) is 27.6 Å². The summed E-state index contributed by atoms with van der Waals surface area (Å²) < 4.78 is 39.3. The first-order chi connectivity index (χ1) is 17.1. The first-order valence-corrected chi connectivity index (χ1v) is 10.7. The molecule has 1 unspecified atom stereocenters. The molecule has 0 fully saturated rings. The minimum atomic E-state index is -4.67. The molecule has 3 amide bonds. The standard InChI is InChI=1S/C20H19F3N8O3.C2H6/c1-11(31-9-27-16(30(3)10-32)15(31)18(34)24-2)17(33)29-14-6-4-5-13(28-14)12-7-25-19(26-8-12)20(21,22)23;1-2/h4-11H,1-3H3,(H,24,34)(H,28,29,33);1-2H3. The Kier molecular flexibility index (Phi) is 9.19. The van der Waals surface area contributed by atoms with Crippen LogP contribution in [0.25, 0.3) is 11.3 Å². The number of alkyl halides is 3. The number of hydrogen-bond acceptors (Lipinski definition) is 7. The second-order valence-corrected chi connectivity index (χ2v) is 6.99. The van der Waals surface area contributed by atoms with Gasteiger partial charge in [0.1, 0.15) is 11.9 Å². The maximum atomic E-state index is 12.9. The SMILES string of the molecule is CC.CNC(=O)c1c(N(C)C=O)ncn1C(C)C(=O)Nc1cccc(-c2cnc(C(F)(F)F)nc2)n1. The molecule has 0 saturated carbocycles. The molecular weight excluding hydrogens is 481 g/mol. The minimum Gasteiger partial charge on any atom is -0.354 e. The van der Waals surface area contributed by atoms with Crippen LogP contribution in [0.1, 0.15) is 43.1 Å². The monoisotopic (exact) mass is 506 g/mol. The Morgan fingerprint density at radius 2 is 1.78 bits per heavy atom. The number of amides is 3. The number of rotatable bonds is 7. The van der Waals surface area contributed by atoms with Crippen molar-refractivity contribution in [2.24, 2.45) is 0 Å². The summed E-state index contributed by atoms with van der Waals surface area (Å²) in [5, 5.41) is 5.03. The topological polar surface area (TPSA) is 135 Å². The number of imidazole rings is 1. The second-order valence-electron chi connectivity index (χ2n) is 6.99. The summed E-state index contributed by atoms with van der Waals surface area (Å²) in [6, 6.07) is 3.61. The number of halogens is 3. The van der Waals surface area contributed by atoms with Crippen LogP contribution >= 0.6 is 0 Å². The van der Waals surface area contributed by atoms with Gasteiger partial charge in [0.25, 0.3) is 5.91 Å². The average Bonchev–Trinajstić information content (AvgIpc) is 3.33.